The van der Waals surface area contributed by atoms with Crippen LogP contribution in [0.5, 0.6) is 0 Å². The third-order valence-electron chi connectivity index (χ3n) is 4.86. The molecule has 0 aliphatic heterocycles. The number of thiophene rings is 1. The highest BCUT2D eigenvalue weighted by Gasteiger charge is 2.17. The molecule has 150 valence electrons. The first kappa shape index (κ1) is 20.0. The topological polar surface area (TPSA) is 71.1 Å². The van der Waals surface area contributed by atoms with Gasteiger partial charge in [0.25, 0.3) is 0 Å². The van der Waals surface area contributed by atoms with Crippen molar-refractivity contribution in [2.75, 3.05) is 13.1 Å². The van der Waals surface area contributed by atoms with Crippen molar-refractivity contribution in [2.24, 2.45) is 0 Å². The molecule has 0 radical (unpaired) electrons. The Labute approximate surface area is 174 Å². The molecule has 29 heavy (non-hydrogen) atoms. The second kappa shape index (κ2) is 8.59. The number of nitrogens with one attached hydrogen (secondary N) is 2. The van der Waals surface area contributed by atoms with Crippen LogP contribution in [0.4, 0.5) is 0 Å². The highest BCUT2D eigenvalue weighted by Crippen LogP contribution is 2.25. The zero-order valence-electron chi connectivity index (χ0n) is 16.1. The number of aromatic nitrogens is 1. The van der Waals surface area contributed by atoms with E-state index in [1.165, 1.54) is 15.6 Å². The first-order valence-electron chi connectivity index (χ1n) is 9.55. The van der Waals surface area contributed by atoms with E-state index in [-0.39, 0.29) is 10.9 Å². The van der Waals surface area contributed by atoms with Gasteiger partial charge in [0.05, 0.1) is 4.90 Å². The normalized spacial score (nSPS) is 13.1. The van der Waals surface area contributed by atoms with E-state index in [1.807, 2.05) is 13.0 Å². The number of nitrogens with zero attached hydrogens (tertiary/aromatic N) is 1. The molecular formula is C22H23N3O2S2. The van der Waals surface area contributed by atoms with Crippen LogP contribution >= 0.6 is 11.3 Å². The molecule has 7 heteroatoms. The van der Waals surface area contributed by atoms with Gasteiger partial charge in [-0.2, -0.15) is 0 Å². The van der Waals surface area contributed by atoms with Crippen molar-refractivity contribution in [3.05, 3.63) is 71.9 Å². The van der Waals surface area contributed by atoms with E-state index in [1.54, 1.807) is 41.9 Å². The minimum absolute atomic E-state index is 0.215. The second-order valence-corrected chi connectivity index (χ2v) is 9.74. The standard InChI is InChI=1S/C22H23N3O2S2/c1-16(13-23-11-9-19-15-28-22-5-3-2-4-21(19)22)25-29(26,27)20-7-6-18-14-24-10-8-17(18)12-20/h2-8,10,12,14-16,23,25H,9,11,13H2,1H3/t16-/m1/s1. The second-order valence-electron chi connectivity index (χ2n) is 7.12. The molecule has 4 rings (SSSR count). The van der Waals surface area contributed by atoms with Gasteiger partial charge in [-0.25, -0.2) is 13.1 Å². The minimum Gasteiger partial charge on any atom is -0.315 e. The number of hydrogen-bond acceptors (Lipinski definition) is 5. The van der Waals surface area contributed by atoms with Gasteiger partial charge in [-0.3, -0.25) is 4.98 Å². The predicted molar refractivity (Wildman–Crippen MR) is 120 cm³/mol. The van der Waals surface area contributed by atoms with Gasteiger partial charge < -0.3 is 5.32 Å². The van der Waals surface area contributed by atoms with E-state index in [0.717, 1.165) is 23.7 Å². The molecule has 2 heterocycles. The van der Waals surface area contributed by atoms with Crippen LogP contribution in [0, 0.1) is 0 Å². The zero-order valence-corrected chi connectivity index (χ0v) is 17.8. The van der Waals surface area contributed by atoms with Crippen molar-refractivity contribution in [2.45, 2.75) is 24.3 Å². The van der Waals surface area contributed by atoms with Crippen molar-refractivity contribution in [3.63, 3.8) is 0 Å². The summed E-state index contributed by atoms with van der Waals surface area (Å²) in [6.07, 6.45) is 4.31. The van der Waals surface area contributed by atoms with Gasteiger partial charge >= 0.3 is 0 Å². The average molecular weight is 426 g/mol. The van der Waals surface area contributed by atoms with Crippen molar-refractivity contribution >= 4 is 42.2 Å². The fourth-order valence-corrected chi connectivity index (χ4v) is 5.65. The van der Waals surface area contributed by atoms with Crippen LogP contribution < -0.4 is 10.0 Å². The molecule has 0 saturated carbocycles. The Bertz CT molecular complexity index is 1240. The number of pyridine rings is 1. The van der Waals surface area contributed by atoms with Gasteiger partial charge in [-0.15, -0.1) is 11.3 Å². The number of fused-ring (bicyclic) bond motifs is 2. The van der Waals surface area contributed by atoms with Gasteiger partial charge in [-0.05, 0) is 65.9 Å². The summed E-state index contributed by atoms with van der Waals surface area (Å²) in [7, 11) is -3.57. The molecular weight excluding hydrogens is 402 g/mol. The molecule has 0 fully saturated rings. The Morgan fingerprint density at radius 2 is 1.97 bits per heavy atom. The summed E-state index contributed by atoms with van der Waals surface area (Å²) >= 11 is 1.76. The molecule has 2 aromatic heterocycles. The van der Waals surface area contributed by atoms with Crippen molar-refractivity contribution in [1.29, 1.82) is 0 Å². The fourth-order valence-electron chi connectivity index (χ4n) is 3.37. The van der Waals surface area contributed by atoms with Gasteiger partial charge in [0.2, 0.25) is 10.0 Å². The lowest BCUT2D eigenvalue weighted by molar-refractivity contribution is 0.537. The van der Waals surface area contributed by atoms with E-state index in [2.05, 4.69) is 44.7 Å². The predicted octanol–water partition coefficient (Wildman–Crippen LogP) is 3.95. The van der Waals surface area contributed by atoms with Crippen LogP contribution in [-0.4, -0.2) is 32.5 Å². The smallest absolute Gasteiger partial charge is 0.240 e. The number of rotatable bonds is 8. The lowest BCUT2D eigenvalue weighted by Gasteiger charge is -2.15. The molecule has 0 bridgehead atoms. The lowest BCUT2D eigenvalue weighted by atomic mass is 10.1. The van der Waals surface area contributed by atoms with Crippen LogP contribution in [0.15, 0.2) is 71.2 Å². The summed E-state index contributed by atoms with van der Waals surface area (Å²) in [5.74, 6) is 0. The molecule has 1 atom stereocenters. The van der Waals surface area contributed by atoms with Crippen molar-refractivity contribution in [1.82, 2.24) is 15.0 Å². The average Bonchev–Trinajstić information content (AvgIpc) is 3.14. The van der Waals surface area contributed by atoms with Gasteiger partial charge in [0, 0.05) is 35.1 Å². The maximum atomic E-state index is 12.7. The zero-order chi connectivity index (χ0) is 20.3. The van der Waals surface area contributed by atoms with Crippen LogP contribution in [0.25, 0.3) is 20.9 Å². The number of benzene rings is 2. The van der Waals surface area contributed by atoms with E-state index in [4.69, 9.17) is 0 Å². The summed E-state index contributed by atoms with van der Waals surface area (Å²) in [4.78, 5) is 4.33. The molecule has 0 saturated heterocycles. The quantitative estimate of drug-likeness (QED) is 0.419. The first-order valence-corrected chi connectivity index (χ1v) is 11.9. The monoisotopic (exact) mass is 425 g/mol. The van der Waals surface area contributed by atoms with Crippen LogP contribution in [0.1, 0.15) is 12.5 Å². The highest BCUT2D eigenvalue weighted by molar-refractivity contribution is 7.89. The molecule has 0 amide bonds. The molecule has 0 unspecified atom stereocenters. The SMILES string of the molecule is C[C@H](CNCCc1csc2ccccc12)NS(=O)(=O)c1ccc2cnccc2c1. The third kappa shape index (κ3) is 4.64. The Morgan fingerprint density at radius 3 is 2.86 bits per heavy atom. The largest absolute Gasteiger partial charge is 0.315 e. The molecule has 2 N–H and O–H groups in total. The number of sulfonamides is 1. The lowest BCUT2D eigenvalue weighted by Crippen LogP contribution is -2.40. The molecule has 2 aromatic carbocycles. The molecule has 0 aliphatic rings. The van der Waals surface area contributed by atoms with Gasteiger partial charge in [0.1, 0.15) is 0 Å². The Kier molecular flexibility index (Phi) is 5.91. The van der Waals surface area contributed by atoms with Crippen LogP contribution in [-0.2, 0) is 16.4 Å². The van der Waals surface area contributed by atoms with E-state index in [9.17, 15) is 8.42 Å². The summed E-state index contributed by atoms with van der Waals surface area (Å²) in [5, 5.41) is 8.65. The highest BCUT2D eigenvalue weighted by atomic mass is 32.2. The van der Waals surface area contributed by atoms with E-state index < -0.39 is 10.0 Å². The summed E-state index contributed by atoms with van der Waals surface area (Å²) < 4.78 is 29.5. The Balaban J connectivity index is 1.32. The molecule has 5 nitrogen and oxygen atoms in total. The first-order chi connectivity index (χ1) is 14.0. The maximum Gasteiger partial charge on any atom is 0.240 e. The molecule has 0 aliphatic carbocycles. The van der Waals surface area contributed by atoms with E-state index >= 15 is 0 Å². The summed E-state index contributed by atoms with van der Waals surface area (Å²) in [6.45, 7) is 3.24. The van der Waals surface area contributed by atoms with Crippen molar-refractivity contribution in [3.8, 4) is 0 Å². The van der Waals surface area contributed by atoms with Gasteiger partial charge in [-0.1, -0.05) is 24.3 Å². The Morgan fingerprint density at radius 1 is 1.10 bits per heavy atom. The summed E-state index contributed by atoms with van der Waals surface area (Å²) in [6, 6.07) is 15.1. The van der Waals surface area contributed by atoms with Crippen molar-refractivity contribution < 1.29 is 8.42 Å². The molecule has 0 spiro atoms. The minimum atomic E-state index is -3.57. The third-order valence-corrected chi connectivity index (χ3v) is 7.46. The van der Waals surface area contributed by atoms with Crippen LogP contribution in [0.2, 0.25) is 0 Å². The number of hydrogen-bond donors (Lipinski definition) is 2. The molecule has 4 aromatic rings. The summed E-state index contributed by atoms with van der Waals surface area (Å²) in [5.41, 5.74) is 1.33. The van der Waals surface area contributed by atoms with Gasteiger partial charge in [0.15, 0.2) is 0 Å². The van der Waals surface area contributed by atoms with E-state index in [0.29, 0.717) is 6.54 Å². The maximum absolute atomic E-state index is 12.7. The Hall–Kier alpha value is -2.32. The van der Waals surface area contributed by atoms with Crippen LogP contribution in [0.3, 0.4) is 0 Å². The fraction of sp³-hybridized carbons (Fsp3) is 0.227.